The summed E-state index contributed by atoms with van der Waals surface area (Å²) < 4.78 is 15.3. The van der Waals surface area contributed by atoms with Gasteiger partial charge in [-0.15, -0.1) is 0 Å². The fraction of sp³-hybridized carbons (Fsp3) is 0.118. The first-order chi connectivity index (χ1) is 21.3. The number of aryl methyl sites for hydroxylation is 1. The Hall–Kier alpha value is -5.77. The highest BCUT2D eigenvalue weighted by Gasteiger charge is 2.20. The normalized spacial score (nSPS) is 11.1. The second kappa shape index (κ2) is 11.8. The van der Waals surface area contributed by atoms with Gasteiger partial charge in [-0.05, 0) is 78.6 Å². The van der Waals surface area contributed by atoms with Gasteiger partial charge >= 0.3 is 0 Å². The van der Waals surface area contributed by atoms with E-state index in [1.807, 2.05) is 42.0 Å². The van der Waals surface area contributed by atoms with E-state index in [1.54, 1.807) is 36.8 Å². The molecule has 4 aromatic carbocycles. The maximum atomic E-state index is 13.4. The second-order valence-electron chi connectivity index (χ2n) is 10.5. The lowest BCUT2D eigenvalue weighted by atomic mass is 9.93. The molecule has 0 unspecified atom stereocenters. The summed E-state index contributed by atoms with van der Waals surface area (Å²) in [5.41, 5.74) is 11.2. The predicted molar refractivity (Wildman–Crippen MR) is 168 cm³/mol. The molecular formula is C34H29FN6O3. The first-order valence-corrected chi connectivity index (χ1v) is 14.1. The van der Waals surface area contributed by atoms with Gasteiger partial charge in [0.25, 0.3) is 17.7 Å². The van der Waals surface area contributed by atoms with Gasteiger partial charge in [0, 0.05) is 58.6 Å². The van der Waals surface area contributed by atoms with E-state index in [4.69, 9.17) is 5.73 Å². The van der Waals surface area contributed by atoms with Crippen LogP contribution in [0.25, 0.3) is 32.9 Å². The van der Waals surface area contributed by atoms with Crippen molar-refractivity contribution in [3.05, 3.63) is 120 Å². The van der Waals surface area contributed by atoms with Crippen molar-refractivity contribution >= 4 is 45.2 Å². The first-order valence-electron chi connectivity index (χ1n) is 14.1. The number of nitrogens with one attached hydrogen (secondary N) is 3. The molecule has 0 aliphatic carbocycles. The molecule has 6 aromatic rings. The number of rotatable bonds is 9. The topological polar surface area (TPSA) is 135 Å². The summed E-state index contributed by atoms with van der Waals surface area (Å²) in [4.78, 5) is 45.6. The number of amides is 3. The van der Waals surface area contributed by atoms with Crippen LogP contribution in [0.2, 0.25) is 0 Å². The Morgan fingerprint density at radius 2 is 1.75 bits per heavy atom. The van der Waals surface area contributed by atoms with E-state index in [0.29, 0.717) is 40.0 Å². The largest absolute Gasteiger partial charge is 0.366 e. The number of halogens is 1. The molecule has 0 aliphatic heterocycles. The number of carbonyl (C=O) groups is 3. The fourth-order valence-electron chi connectivity index (χ4n) is 5.43. The minimum Gasteiger partial charge on any atom is -0.366 e. The number of nitrogens with zero attached hydrogens (tertiary/aromatic N) is 2. The zero-order chi connectivity index (χ0) is 30.8. The van der Waals surface area contributed by atoms with Crippen molar-refractivity contribution < 1.29 is 18.8 Å². The molecule has 5 N–H and O–H groups in total. The smallest absolute Gasteiger partial charge is 0.255 e. The molecule has 0 radical (unpaired) electrons. The van der Waals surface area contributed by atoms with Gasteiger partial charge in [0.2, 0.25) is 0 Å². The number of H-pyrrole nitrogens is 1. The minimum atomic E-state index is -0.582. The first kappa shape index (κ1) is 28.4. The van der Waals surface area contributed by atoms with Crippen LogP contribution in [0.15, 0.2) is 91.5 Å². The molecule has 6 rings (SSSR count). The summed E-state index contributed by atoms with van der Waals surface area (Å²) in [7, 11) is 0. The Bertz CT molecular complexity index is 2030. The molecule has 0 atom stereocenters. The van der Waals surface area contributed by atoms with Crippen LogP contribution in [-0.2, 0) is 6.54 Å². The van der Waals surface area contributed by atoms with Gasteiger partial charge < -0.3 is 25.9 Å². The number of anilines is 1. The lowest BCUT2D eigenvalue weighted by Gasteiger charge is -2.15. The van der Waals surface area contributed by atoms with Crippen LogP contribution in [0, 0.1) is 12.7 Å². The molecule has 44 heavy (non-hydrogen) atoms. The molecule has 0 bridgehead atoms. The number of hydrogen-bond donors (Lipinski definition) is 4. The summed E-state index contributed by atoms with van der Waals surface area (Å²) in [5.74, 6) is -1.57. The number of aromatic nitrogens is 3. The van der Waals surface area contributed by atoms with Crippen molar-refractivity contribution in [1.29, 1.82) is 0 Å². The lowest BCUT2D eigenvalue weighted by Crippen LogP contribution is -2.25. The quantitative estimate of drug-likeness (QED) is 0.159. The average Bonchev–Trinajstić information content (AvgIpc) is 3.68. The van der Waals surface area contributed by atoms with Gasteiger partial charge in [-0.3, -0.25) is 14.4 Å². The zero-order valence-electron chi connectivity index (χ0n) is 23.9. The van der Waals surface area contributed by atoms with Crippen LogP contribution in [0.5, 0.6) is 0 Å². The lowest BCUT2D eigenvalue weighted by molar-refractivity contribution is 0.0951. The van der Waals surface area contributed by atoms with Crippen molar-refractivity contribution in [2.45, 2.75) is 19.9 Å². The molecule has 220 valence electrons. The van der Waals surface area contributed by atoms with Crippen LogP contribution in [0.4, 0.5) is 10.1 Å². The third-order valence-corrected chi connectivity index (χ3v) is 7.70. The van der Waals surface area contributed by atoms with E-state index >= 15 is 0 Å². The molecule has 0 fully saturated rings. The van der Waals surface area contributed by atoms with Gasteiger partial charge in [0.1, 0.15) is 5.82 Å². The Labute approximate surface area is 251 Å². The zero-order valence-corrected chi connectivity index (χ0v) is 23.9. The molecule has 0 saturated heterocycles. The van der Waals surface area contributed by atoms with E-state index in [1.165, 1.54) is 24.3 Å². The molecule has 10 heteroatoms. The molecule has 0 aliphatic rings. The highest BCUT2D eigenvalue weighted by molar-refractivity contribution is 6.20. The Morgan fingerprint density at radius 3 is 2.50 bits per heavy atom. The minimum absolute atomic E-state index is 0.202. The summed E-state index contributed by atoms with van der Waals surface area (Å²) in [6.07, 6.45) is 6.09. The molecule has 2 aromatic heterocycles. The Kier molecular flexibility index (Phi) is 7.63. The molecule has 0 saturated carbocycles. The number of imidazole rings is 1. The van der Waals surface area contributed by atoms with Crippen molar-refractivity contribution in [3.8, 4) is 11.1 Å². The third kappa shape index (κ3) is 5.52. The van der Waals surface area contributed by atoms with Gasteiger partial charge in [-0.1, -0.05) is 24.3 Å². The fourth-order valence-corrected chi connectivity index (χ4v) is 5.43. The summed E-state index contributed by atoms with van der Waals surface area (Å²) in [5, 5.41) is 7.46. The van der Waals surface area contributed by atoms with Gasteiger partial charge in [0.05, 0.1) is 17.4 Å². The second-order valence-corrected chi connectivity index (χ2v) is 10.5. The maximum Gasteiger partial charge on any atom is 0.255 e. The number of aromatic amines is 1. The van der Waals surface area contributed by atoms with E-state index < -0.39 is 11.7 Å². The standard InChI is InChI=1S/C34H29FN6O3/c1-20-24(4-2-5-28(20)40-34(44)21-6-9-23(35)10-7-21)25-12-13-27(32(36)42)31-30(25)26-11-8-22(18-29(26)39-31)33(43)38-14-3-16-41-17-15-37-19-41/h2,4-13,15,17-19,39H,3,14,16H2,1H3,(H2,36,42)(H,38,43)(H,40,44). The van der Waals surface area contributed by atoms with Crippen molar-refractivity contribution in [2.24, 2.45) is 5.73 Å². The maximum absolute atomic E-state index is 13.4. The van der Waals surface area contributed by atoms with Crippen LogP contribution < -0.4 is 16.4 Å². The third-order valence-electron chi connectivity index (χ3n) is 7.70. The number of carbonyl (C=O) groups excluding carboxylic acids is 3. The van der Waals surface area contributed by atoms with E-state index in [2.05, 4.69) is 20.6 Å². The molecule has 3 amide bonds. The van der Waals surface area contributed by atoms with Crippen LogP contribution in [0.1, 0.15) is 43.1 Å². The number of benzene rings is 4. The Balaban J connectivity index is 1.34. The summed E-state index contributed by atoms with van der Waals surface area (Å²) >= 11 is 0. The monoisotopic (exact) mass is 588 g/mol. The predicted octanol–water partition coefficient (Wildman–Crippen LogP) is 5.80. The van der Waals surface area contributed by atoms with Crippen LogP contribution in [-0.4, -0.2) is 38.8 Å². The van der Waals surface area contributed by atoms with Crippen molar-refractivity contribution in [3.63, 3.8) is 0 Å². The van der Waals surface area contributed by atoms with Crippen molar-refractivity contribution in [1.82, 2.24) is 19.9 Å². The van der Waals surface area contributed by atoms with Crippen molar-refractivity contribution in [2.75, 3.05) is 11.9 Å². The molecule has 0 spiro atoms. The average molecular weight is 589 g/mol. The number of fused-ring (bicyclic) bond motifs is 3. The highest BCUT2D eigenvalue weighted by Crippen LogP contribution is 2.39. The van der Waals surface area contributed by atoms with E-state index in [9.17, 15) is 18.8 Å². The van der Waals surface area contributed by atoms with Gasteiger partial charge in [-0.25, -0.2) is 9.37 Å². The number of hydrogen-bond acceptors (Lipinski definition) is 4. The van der Waals surface area contributed by atoms with Crippen LogP contribution in [0.3, 0.4) is 0 Å². The van der Waals surface area contributed by atoms with Gasteiger partial charge in [-0.2, -0.15) is 0 Å². The summed E-state index contributed by atoms with van der Waals surface area (Å²) in [6.45, 7) is 3.15. The number of nitrogens with two attached hydrogens (primary N) is 1. The van der Waals surface area contributed by atoms with E-state index in [-0.39, 0.29) is 11.8 Å². The SMILES string of the molecule is Cc1c(NC(=O)c2ccc(F)cc2)cccc1-c1ccc(C(N)=O)c2[nH]c3cc(C(=O)NCCCn4ccnc4)ccc3c12. The molecule has 2 heterocycles. The Morgan fingerprint density at radius 1 is 0.955 bits per heavy atom. The van der Waals surface area contributed by atoms with Crippen LogP contribution >= 0.6 is 0 Å². The number of primary amides is 1. The van der Waals surface area contributed by atoms with E-state index in [0.717, 1.165) is 40.4 Å². The molecule has 9 nitrogen and oxygen atoms in total. The van der Waals surface area contributed by atoms with Gasteiger partial charge in [0.15, 0.2) is 0 Å². The molecular weight excluding hydrogens is 559 g/mol. The summed E-state index contributed by atoms with van der Waals surface area (Å²) in [6, 6.07) is 19.8. The highest BCUT2D eigenvalue weighted by atomic mass is 19.1.